The molecule has 0 saturated carbocycles. The van der Waals surface area contributed by atoms with Gasteiger partial charge >= 0.3 is 0 Å². The molecule has 3 nitrogen and oxygen atoms in total. The molecule has 2 aromatic rings. The van der Waals surface area contributed by atoms with Gasteiger partial charge in [-0.1, -0.05) is 56.2 Å². The first-order chi connectivity index (χ1) is 10.7. The Kier molecular flexibility index (Phi) is 10.9. The highest BCUT2D eigenvalue weighted by molar-refractivity contribution is 5.94. The van der Waals surface area contributed by atoms with E-state index in [4.69, 9.17) is 15.9 Å². The van der Waals surface area contributed by atoms with Crippen molar-refractivity contribution in [2.24, 2.45) is 5.73 Å². The van der Waals surface area contributed by atoms with Crippen LogP contribution >= 0.6 is 24.8 Å². The summed E-state index contributed by atoms with van der Waals surface area (Å²) in [4.78, 5) is 0. The van der Waals surface area contributed by atoms with Crippen molar-refractivity contribution in [1.29, 1.82) is 5.41 Å². The van der Waals surface area contributed by atoms with Gasteiger partial charge < -0.3 is 10.5 Å². The van der Waals surface area contributed by atoms with E-state index in [1.54, 1.807) is 0 Å². The summed E-state index contributed by atoms with van der Waals surface area (Å²) in [6.45, 7) is 2.74. The Bertz CT molecular complexity index is 615. The molecule has 0 fully saturated rings. The maximum Gasteiger partial charge on any atom is 0.122 e. The first kappa shape index (κ1) is 22.3. The number of rotatable bonds is 8. The van der Waals surface area contributed by atoms with Crippen LogP contribution in [0.4, 0.5) is 0 Å². The Labute approximate surface area is 156 Å². The second kappa shape index (κ2) is 11.8. The monoisotopic (exact) mass is 368 g/mol. The molecule has 0 aliphatic heterocycles. The molecule has 0 amide bonds. The molecule has 0 bridgehead atoms. The first-order valence-corrected chi connectivity index (χ1v) is 7.84. The van der Waals surface area contributed by atoms with Crippen LogP contribution in [0, 0.1) is 5.41 Å². The zero-order valence-electron chi connectivity index (χ0n) is 14.0. The molecule has 0 saturated heterocycles. The summed E-state index contributed by atoms with van der Waals surface area (Å²) in [5, 5.41) is 7.38. The van der Waals surface area contributed by atoms with Gasteiger partial charge in [-0.15, -0.1) is 24.8 Å². The lowest BCUT2D eigenvalue weighted by Crippen LogP contribution is -2.10. The molecule has 0 spiro atoms. The van der Waals surface area contributed by atoms with Crippen LogP contribution in [-0.2, 0) is 13.0 Å². The van der Waals surface area contributed by atoms with Gasteiger partial charge in [0.15, 0.2) is 0 Å². The fourth-order valence-electron chi connectivity index (χ4n) is 2.32. The number of amidine groups is 1. The summed E-state index contributed by atoms with van der Waals surface area (Å²) in [6, 6.07) is 15.9. The summed E-state index contributed by atoms with van der Waals surface area (Å²) in [7, 11) is 0. The van der Waals surface area contributed by atoms with E-state index in [9.17, 15) is 0 Å². The first-order valence-electron chi connectivity index (χ1n) is 7.84. The average molecular weight is 369 g/mol. The second-order valence-electron chi connectivity index (χ2n) is 5.50. The van der Waals surface area contributed by atoms with E-state index < -0.39 is 0 Å². The Morgan fingerprint density at radius 1 is 1.00 bits per heavy atom. The highest BCUT2D eigenvalue weighted by atomic mass is 35.5. The molecular formula is C19H26Cl2N2O. The standard InChI is InChI=1S/C19H24N2O.2ClH/c1-2-3-4-6-15-7-5-8-18(13-15)22-14-16-9-11-17(12-10-16)19(20)21;;/h5,7-13H,2-4,6,14H2,1H3,(H3,20,21);2*1H. The minimum Gasteiger partial charge on any atom is -0.489 e. The average Bonchev–Trinajstić information content (AvgIpc) is 2.54. The molecule has 132 valence electrons. The highest BCUT2D eigenvalue weighted by Gasteiger charge is 2.00. The van der Waals surface area contributed by atoms with Gasteiger partial charge in [0, 0.05) is 5.56 Å². The van der Waals surface area contributed by atoms with Crippen molar-refractivity contribution in [1.82, 2.24) is 0 Å². The lowest BCUT2D eigenvalue weighted by Gasteiger charge is -2.09. The Balaban J connectivity index is 0.00000264. The fraction of sp³-hybridized carbons (Fsp3) is 0.316. The maximum atomic E-state index is 7.38. The summed E-state index contributed by atoms with van der Waals surface area (Å²) in [5.74, 6) is 0.997. The lowest BCUT2D eigenvalue weighted by molar-refractivity contribution is 0.306. The van der Waals surface area contributed by atoms with Gasteiger partial charge in [-0.25, -0.2) is 0 Å². The van der Waals surface area contributed by atoms with Crippen molar-refractivity contribution in [3.05, 3.63) is 65.2 Å². The van der Waals surface area contributed by atoms with Gasteiger partial charge in [0.05, 0.1) is 0 Å². The topological polar surface area (TPSA) is 59.1 Å². The summed E-state index contributed by atoms with van der Waals surface area (Å²) in [6.07, 6.45) is 4.85. The van der Waals surface area contributed by atoms with Crippen LogP contribution in [0.25, 0.3) is 0 Å². The quantitative estimate of drug-likeness (QED) is 0.385. The molecule has 3 N–H and O–H groups in total. The number of halogens is 2. The Morgan fingerprint density at radius 3 is 2.33 bits per heavy atom. The molecular weight excluding hydrogens is 343 g/mol. The van der Waals surface area contributed by atoms with Crippen molar-refractivity contribution >= 4 is 30.6 Å². The maximum absolute atomic E-state index is 7.38. The lowest BCUT2D eigenvalue weighted by atomic mass is 10.1. The van der Waals surface area contributed by atoms with Crippen molar-refractivity contribution < 1.29 is 4.74 Å². The molecule has 2 rings (SSSR count). The van der Waals surface area contributed by atoms with Crippen molar-refractivity contribution in [2.45, 2.75) is 39.2 Å². The largest absolute Gasteiger partial charge is 0.489 e. The molecule has 0 heterocycles. The Morgan fingerprint density at radius 2 is 1.71 bits per heavy atom. The van der Waals surface area contributed by atoms with E-state index in [0.29, 0.717) is 6.61 Å². The number of nitrogens with two attached hydrogens (primary N) is 1. The Hall–Kier alpha value is -1.71. The number of hydrogen-bond donors (Lipinski definition) is 2. The van der Waals surface area contributed by atoms with Crippen LogP contribution in [-0.4, -0.2) is 5.84 Å². The van der Waals surface area contributed by atoms with Gasteiger partial charge in [-0.3, -0.25) is 5.41 Å². The van der Waals surface area contributed by atoms with E-state index in [1.165, 1.54) is 24.8 Å². The highest BCUT2D eigenvalue weighted by Crippen LogP contribution is 2.17. The summed E-state index contributed by atoms with van der Waals surface area (Å²) >= 11 is 0. The molecule has 0 radical (unpaired) electrons. The fourth-order valence-corrected chi connectivity index (χ4v) is 2.32. The van der Waals surface area contributed by atoms with Crippen LogP contribution in [0.2, 0.25) is 0 Å². The molecule has 5 heteroatoms. The van der Waals surface area contributed by atoms with Gasteiger partial charge in [-0.2, -0.15) is 0 Å². The minimum absolute atomic E-state index is 0. The van der Waals surface area contributed by atoms with Gasteiger partial charge in [-0.05, 0) is 36.1 Å². The van der Waals surface area contributed by atoms with Crippen LogP contribution in [0.15, 0.2) is 48.5 Å². The van der Waals surface area contributed by atoms with Crippen LogP contribution < -0.4 is 10.5 Å². The number of aryl methyl sites for hydroxylation is 1. The van der Waals surface area contributed by atoms with Crippen molar-refractivity contribution in [3.8, 4) is 5.75 Å². The van der Waals surface area contributed by atoms with Crippen LogP contribution in [0.5, 0.6) is 5.75 Å². The van der Waals surface area contributed by atoms with E-state index in [1.807, 2.05) is 30.3 Å². The number of unbranched alkanes of at least 4 members (excludes halogenated alkanes) is 2. The molecule has 0 unspecified atom stereocenters. The van der Waals surface area contributed by atoms with Crippen molar-refractivity contribution in [2.75, 3.05) is 0 Å². The SMILES string of the molecule is CCCCCc1cccc(OCc2ccc(C(=N)N)cc2)c1.Cl.Cl. The molecule has 2 aromatic carbocycles. The van der Waals surface area contributed by atoms with Gasteiger partial charge in [0.1, 0.15) is 18.2 Å². The van der Waals surface area contributed by atoms with Crippen LogP contribution in [0.1, 0.15) is 42.9 Å². The van der Waals surface area contributed by atoms with Gasteiger partial charge in [0.25, 0.3) is 0 Å². The summed E-state index contributed by atoms with van der Waals surface area (Å²) < 4.78 is 5.85. The zero-order valence-corrected chi connectivity index (χ0v) is 15.6. The van der Waals surface area contributed by atoms with E-state index in [-0.39, 0.29) is 30.6 Å². The number of nitrogens with one attached hydrogen (secondary N) is 1. The predicted molar refractivity (Wildman–Crippen MR) is 106 cm³/mol. The van der Waals surface area contributed by atoms with Gasteiger partial charge in [0.2, 0.25) is 0 Å². The van der Waals surface area contributed by atoms with Crippen LogP contribution in [0.3, 0.4) is 0 Å². The molecule has 24 heavy (non-hydrogen) atoms. The second-order valence-corrected chi connectivity index (χ2v) is 5.50. The third-order valence-corrected chi connectivity index (χ3v) is 3.64. The normalized spacial score (nSPS) is 9.54. The van der Waals surface area contributed by atoms with Crippen molar-refractivity contribution in [3.63, 3.8) is 0 Å². The third-order valence-electron chi connectivity index (χ3n) is 3.64. The number of hydrogen-bond acceptors (Lipinski definition) is 2. The zero-order chi connectivity index (χ0) is 15.8. The van der Waals surface area contributed by atoms with E-state index in [2.05, 4.69) is 25.1 Å². The van der Waals surface area contributed by atoms with E-state index >= 15 is 0 Å². The minimum atomic E-state index is 0. The third kappa shape index (κ3) is 7.24. The number of benzene rings is 2. The number of ether oxygens (including phenoxy) is 1. The predicted octanol–water partition coefficient (Wildman–Crippen LogP) is 5.13. The summed E-state index contributed by atoms with van der Waals surface area (Å²) in [5.41, 5.74) is 8.59. The molecule has 0 aliphatic rings. The molecule has 0 aliphatic carbocycles. The smallest absolute Gasteiger partial charge is 0.122 e. The van der Waals surface area contributed by atoms with E-state index in [0.717, 1.165) is 23.3 Å². The number of nitrogen functional groups attached to an aromatic ring is 1. The molecule has 0 atom stereocenters. The molecule has 0 aromatic heterocycles.